The lowest BCUT2D eigenvalue weighted by Gasteiger charge is -2.17. The van der Waals surface area contributed by atoms with E-state index in [2.05, 4.69) is 5.32 Å². The van der Waals surface area contributed by atoms with Crippen molar-refractivity contribution in [2.75, 3.05) is 18.9 Å². The molecule has 2 aromatic carbocycles. The number of rotatable bonds is 5. The molecule has 0 saturated heterocycles. The third-order valence-corrected chi connectivity index (χ3v) is 3.74. The molecule has 23 heavy (non-hydrogen) atoms. The lowest BCUT2D eigenvalue weighted by molar-refractivity contribution is -0.132. The van der Waals surface area contributed by atoms with E-state index < -0.39 is 0 Å². The molecule has 0 aromatic heterocycles. The maximum atomic E-state index is 12.2. The van der Waals surface area contributed by atoms with E-state index in [1.54, 1.807) is 7.05 Å². The maximum Gasteiger partial charge on any atom is 0.243 e. The summed E-state index contributed by atoms with van der Waals surface area (Å²) in [5, 5.41) is 2.80. The summed E-state index contributed by atoms with van der Waals surface area (Å²) in [5.41, 5.74) is 3.94. The molecule has 0 aliphatic rings. The summed E-state index contributed by atoms with van der Waals surface area (Å²) < 4.78 is 0. The molecule has 2 rings (SSSR count). The normalized spacial score (nSPS) is 10.2. The van der Waals surface area contributed by atoms with Crippen LogP contribution in [-0.4, -0.2) is 30.3 Å². The maximum absolute atomic E-state index is 12.2. The average molecular weight is 310 g/mol. The molecule has 0 spiro atoms. The van der Waals surface area contributed by atoms with Crippen molar-refractivity contribution in [2.45, 2.75) is 20.3 Å². The van der Waals surface area contributed by atoms with Gasteiger partial charge in [-0.3, -0.25) is 9.59 Å². The van der Waals surface area contributed by atoms with Crippen molar-refractivity contribution in [1.82, 2.24) is 4.90 Å². The molecule has 0 fully saturated rings. The Labute approximate surface area is 137 Å². The Hall–Kier alpha value is -2.62. The van der Waals surface area contributed by atoms with Crippen molar-refractivity contribution in [1.29, 1.82) is 0 Å². The number of nitrogens with zero attached hydrogens (tertiary/aromatic N) is 1. The first-order valence-corrected chi connectivity index (χ1v) is 7.60. The Balaban J connectivity index is 1.89. The lowest BCUT2D eigenvalue weighted by atomic mass is 10.1. The molecule has 0 atom stereocenters. The van der Waals surface area contributed by atoms with Crippen molar-refractivity contribution >= 4 is 17.5 Å². The Morgan fingerprint density at radius 2 is 1.65 bits per heavy atom. The zero-order chi connectivity index (χ0) is 16.8. The van der Waals surface area contributed by atoms with Gasteiger partial charge in [-0.1, -0.05) is 42.0 Å². The van der Waals surface area contributed by atoms with Gasteiger partial charge in [0.25, 0.3) is 0 Å². The highest BCUT2D eigenvalue weighted by molar-refractivity contribution is 5.94. The third-order valence-electron chi connectivity index (χ3n) is 3.74. The van der Waals surface area contributed by atoms with Crippen LogP contribution < -0.4 is 5.32 Å². The standard InChI is InChI=1S/C19H22N2O2/c1-14-8-10-17(11-9-14)20-18(22)13-21(3)19(23)12-16-7-5-4-6-15(16)2/h4-11H,12-13H2,1-3H3,(H,20,22). The number of hydrogen-bond acceptors (Lipinski definition) is 2. The van der Waals surface area contributed by atoms with Crippen LogP contribution >= 0.6 is 0 Å². The number of benzene rings is 2. The molecule has 0 radical (unpaired) electrons. The van der Waals surface area contributed by atoms with E-state index in [1.165, 1.54) is 4.90 Å². The number of aryl methyl sites for hydroxylation is 2. The minimum Gasteiger partial charge on any atom is -0.336 e. The Kier molecular flexibility index (Phi) is 5.52. The van der Waals surface area contributed by atoms with Crippen LogP contribution in [0.2, 0.25) is 0 Å². The number of hydrogen-bond donors (Lipinski definition) is 1. The van der Waals surface area contributed by atoms with Gasteiger partial charge in [0, 0.05) is 12.7 Å². The first-order chi connectivity index (χ1) is 11.0. The van der Waals surface area contributed by atoms with Crippen LogP contribution in [0, 0.1) is 13.8 Å². The fraction of sp³-hybridized carbons (Fsp3) is 0.263. The van der Waals surface area contributed by atoms with Gasteiger partial charge in [0.2, 0.25) is 11.8 Å². The number of carbonyl (C=O) groups excluding carboxylic acids is 2. The number of likely N-dealkylation sites (N-methyl/N-ethyl adjacent to an activating group) is 1. The monoisotopic (exact) mass is 310 g/mol. The summed E-state index contributed by atoms with van der Waals surface area (Å²) >= 11 is 0. The van der Waals surface area contributed by atoms with Crippen molar-refractivity contribution in [3.05, 3.63) is 65.2 Å². The van der Waals surface area contributed by atoms with Gasteiger partial charge in [-0.05, 0) is 37.1 Å². The van der Waals surface area contributed by atoms with Gasteiger partial charge in [-0.15, -0.1) is 0 Å². The van der Waals surface area contributed by atoms with Gasteiger partial charge in [-0.25, -0.2) is 0 Å². The van der Waals surface area contributed by atoms with Crippen molar-refractivity contribution in [3.8, 4) is 0 Å². The van der Waals surface area contributed by atoms with Gasteiger partial charge in [-0.2, -0.15) is 0 Å². The smallest absolute Gasteiger partial charge is 0.243 e. The molecular weight excluding hydrogens is 288 g/mol. The lowest BCUT2D eigenvalue weighted by Crippen LogP contribution is -2.35. The molecule has 2 aromatic rings. The van der Waals surface area contributed by atoms with Crippen LogP contribution in [-0.2, 0) is 16.0 Å². The Bertz CT molecular complexity index is 693. The quantitative estimate of drug-likeness (QED) is 0.923. The fourth-order valence-electron chi connectivity index (χ4n) is 2.25. The molecule has 0 aliphatic carbocycles. The number of amides is 2. The average Bonchev–Trinajstić information content (AvgIpc) is 2.51. The summed E-state index contributed by atoms with van der Waals surface area (Å²) in [6.45, 7) is 4.01. The van der Waals surface area contributed by atoms with E-state index in [4.69, 9.17) is 0 Å². The summed E-state index contributed by atoms with van der Waals surface area (Å²) in [5.74, 6) is -0.271. The second-order valence-corrected chi connectivity index (χ2v) is 5.77. The zero-order valence-electron chi connectivity index (χ0n) is 13.8. The molecule has 1 N–H and O–H groups in total. The van der Waals surface area contributed by atoms with E-state index in [1.807, 2.05) is 62.4 Å². The molecule has 0 unspecified atom stereocenters. The molecule has 0 saturated carbocycles. The molecule has 0 bridgehead atoms. The topological polar surface area (TPSA) is 49.4 Å². The van der Waals surface area contributed by atoms with Crippen molar-refractivity contribution < 1.29 is 9.59 Å². The fourth-order valence-corrected chi connectivity index (χ4v) is 2.25. The molecule has 2 amide bonds. The van der Waals surface area contributed by atoms with E-state index in [0.29, 0.717) is 6.42 Å². The molecule has 4 nitrogen and oxygen atoms in total. The van der Waals surface area contributed by atoms with Crippen LogP contribution in [0.1, 0.15) is 16.7 Å². The first-order valence-electron chi connectivity index (χ1n) is 7.60. The van der Waals surface area contributed by atoms with Gasteiger partial charge in [0.15, 0.2) is 0 Å². The molecule has 0 aliphatic heterocycles. The number of anilines is 1. The van der Waals surface area contributed by atoms with E-state index in [-0.39, 0.29) is 18.4 Å². The molecule has 0 heterocycles. The van der Waals surface area contributed by atoms with Gasteiger partial charge in [0.1, 0.15) is 0 Å². The van der Waals surface area contributed by atoms with Crippen molar-refractivity contribution in [3.63, 3.8) is 0 Å². The minimum atomic E-state index is -0.200. The zero-order valence-corrected chi connectivity index (χ0v) is 13.8. The highest BCUT2D eigenvalue weighted by atomic mass is 16.2. The predicted octanol–water partition coefficient (Wildman–Crippen LogP) is 2.94. The second kappa shape index (κ2) is 7.58. The Morgan fingerprint density at radius 1 is 1.00 bits per heavy atom. The number of carbonyl (C=O) groups is 2. The van der Waals surface area contributed by atoms with Crippen LogP contribution in [0.3, 0.4) is 0 Å². The van der Waals surface area contributed by atoms with Gasteiger partial charge in [0.05, 0.1) is 13.0 Å². The summed E-state index contributed by atoms with van der Waals surface area (Å²) in [7, 11) is 1.65. The minimum absolute atomic E-state index is 0.0403. The largest absolute Gasteiger partial charge is 0.336 e. The van der Waals surface area contributed by atoms with Gasteiger partial charge >= 0.3 is 0 Å². The van der Waals surface area contributed by atoms with Gasteiger partial charge < -0.3 is 10.2 Å². The predicted molar refractivity (Wildman–Crippen MR) is 92.3 cm³/mol. The summed E-state index contributed by atoms with van der Waals surface area (Å²) in [6.07, 6.45) is 0.307. The highest BCUT2D eigenvalue weighted by Gasteiger charge is 2.14. The Morgan fingerprint density at radius 3 is 2.30 bits per heavy atom. The van der Waals surface area contributed by atoms with Crippen LogP contribution in [0.15, 0.2) is 48.5 Å². The first kappa shape index (κ1) is 16.7. The second-order valence-electron chi connectivity index (χ2n) is 5.77. The number of nitrogens with one attached hydrogen (secondary N) is 1. The van der Waals surface area contributed by atoms with E-state index >= 15 is 0 Å². The molecule has 4 heteroatoms. The van der Waals surface area contributed by atoms with Crippen LogP contribution in [0.4, 0.5) is 5.69 Å². The van der Waals surface area contributed by atoms with Crippen LogP contribution in [0.5, 0.6) is 0 Å². The molecular formula is C19H22N2O2. The summed E-state index contributed by atoms with van der Waals surface area (Å²) in [4.78, 5) is 25.7. The SMILES string of the molecule is Cc1ccc(NC(=O)CN(C)C(=O)Cc2ccccc2C)cc1. The summed E-state index contributed by atoms with van der Waals surface area (Å²) in [6, 6.07) is 15.3. The van der Waals surface area contributed by atoms with E-state index in [0.717, 1.165) is 22.4 Å². The van der Waals surface area contributed by atoms with E-state index in [9.17, 15) is 9.59 Å². The third kappa shape index (κ3) is 4.95. The van der Waals surface area contributed by atoms with Crippen LogP contribution in [0.25, 0.3) is 0 Å². The molecule has 120 valence electrons. The van der Waals surface area contributed by atoms with Crippen molar-refractivity contribution in [2.24, 2.45) is 0 Å². The highest BCUT2D eigenvalue weighted by Crippen LogP contribution is 2.10.